The predicted octanol–water partition coefficient (Wildman–Crippen LogP) is 5.38. The lowest BCUT2D eigenvalue weighted by molar-refractivity contribution is -0.109. The lowest BCUT2D eigenvalue weighted by atomic mass is 9.72. The topological polar surface area (TPSA) is 101 Å². The van der Waals surface area contributed by atoms with E-state index in [1.807, 2.05) is 32.1 Å². The molecule has 0 heterocycles. The first kappa shape index (κ1) is 24.8. The number of rotatable bonds is 8. The van der Waals surface area contributed by atoms with Gasteiger partial charge in [-0.3, -0.25) is 14.3 Å². The number of aromatic hydroxyl groups is 1. The Labute approximate surface area is 198 Å². The fourth-order valence-electron chi connectivity index (χ4n) is 3.73. The Kier molecular flexibility index (Phi) is 7.49. The van der Waals surface area contributed by atoms with E-state index in [0.717, 1.165) is 29.3 Å². The van der Waals surface area contributed by atoms with Crippen LogP contribution in [0, 0.1) is 5.41 Å². The van der Waals surface area contributed by atoms with Crippen LogP contribution in [0.2, 0.25) is 0 Å². The molecule has 0 saturated carbocycles. The van der Waals surface area contributed by atoms with Crippen molar-refractivity contribution in [2.24, 2.45) is 5.41 Å². The lowest BCUT2D eigenvalue weighted by Gasteiger charge is -2.35. The highest BCUT2D eigenvalue weighted by molar-refractivity contribution is 8.14. The third-order valence-electron chi connectivity index (χ3n) is 5.80. The number of anilines is 1. The minimum absolute atomic E-state index is 0.0103. The third kappa shape index (κ3) is 5.94. The minimum Gasteiger partial charge on any atom is -0.508 e. The highest BCUT2D eigenvalue weighted by atomic mass is 32.2. The van der Waals surface area contributed by atoms with Gasteiger partial charge in [-0.2, -0.15) is 0 Å². The number of phenolic OH excluding ortho intramolecular Hbond substituents is 1. The summed E-state index contributed by atoms with van der Waals surface area (Å²) in [6, 6.07) is 13.2. The van der Waals surface area contributed by atoms with Gasteiger partial charge in [0, 0.05) is 18.2 Å². The van der Waals surface area contributed by atoms with E-state index in [0.29, 0.717) is 17.7 Å². The summed E-state index contributed by atoms with van der Waals surface area (Å²) in [5.41, 5.74) is 2.18. The Balaban J connectivity index is 1.86. The maximum atomic E-state index is 13.2. The van der Waals surface area contributed by atoms with Crippen LogP contribution >= 0.6 is 11.8 Å². The molecular weight excluding hydrogens is 458 g/mol. The second kappa shape index (κ2) is 9.97. The monoisotopic (exact) mass is 485 g/mol. The highest BCUT2D eigenvalue weighted by Gasteiger charge is 2.35. The number of carbonyl (C=O) groups excluding carboxylic acids is 2. The van der Waals surface area contributed by atoms with Gasteiger partial charge in [0.2, 0.25) is 0 Å². The number of Topliss-reactive ketones (excluding diaryl/α,β-unsaturated/α-hetero) is 1. The summed E-state index contributed by atoms with van der Waals surface area (Å²) in [4.78, 5) is 23.7. The molecule has 2 aromatic carbocycles. The van der Waals surface area contributed by atoms with Crippen LogP contribution in [0.25, 0.3) is 5.57 Å². The van der Waals surface area contributed by atoms with E-state index in [9.17, 15) is 23.1 Å². The van der Waals surface area contributed by atoms with E-state index in [1.165, 1.54) is 13.0 Å². The number of thioether (sulfide) groups is 1. The zero-order valence-corrected chi connectivity index (χ0v) is 20.4. The number of benzene rings is 2. The van der Waals surface area contributed by atoms with E-state index in [4.69, 9.17) is 0 Å². The molecule has 3 rings (SSSR count). The molecular formula is C25H27NO5S2. The number of carbonyl (C=O) groups is 2. The molecule has 0 aliphatic heterocycles. The van der Waals surface area contributed by atoms with Crippen LogP contribution in [-0.2, 0) is 14.8 Å². The van der Waals surface area contributed by atoms with Crippen LogP contribution < -0.4 is 4.72 Å². The molecule has 0 bridgehead atoms. The van der Waals surface area contributed by atoms with Crippen molar-refractivity contribution in [3.63, 3.8) is 0 Å². The molecule has 33 heavy (non-hydrogen) atoms. The van der Waals surface area contributed by atoms with Crippen molar-refractivity contribution in [1.29, 1.82) is 0 Å². The SMILES string of the molecule is CCC1(C)CC(S(=O)(=O)Nc2cccc(C(=O)CSC(C)=O)c2)=CC=C1c1ccc(O)cc1. The average Bonchev–Trinajstić information content (AvgIpc) is 2.78. The molecule has 6 nitrogen and oxygen atoms in total. The molecule has 1 aliphatic carbocycles. The van der Waals surface area contributed by atoms with Gasteiger partial charge in [-0.05, 0) is 59.7 Å². The van der Waals surface area contributed by atoms with E-state index in [2.05, 4.69) is 4.72 Å². The Morgan fingerprint density at radius 2 is 1.82 bits per heavy atom. The summed E-state index contributed by atoms with van der Waals surface area (Å²) in [6.45, 7) is 5.44. The Bertz CT molecular complexity index is 1230. The number of sulfonamides is 1. The number of phenols is 1. The molecule has 1 aliphatic rings. The van der Waals surface area contributed by atoms with Gasteiger partial charge in [0.15, 0.2) is 10.9 Å². The van der Waals surface area contributed by atoms with E-state index in [1.54, 1.807) is 36.4 Å². The number of nitrogens with one attached hydrogen (secondary N) is 1. The summed E-state index contributed by atoms with van der Waals surface area (Å²) < 4.78 is 28.9. The van der Waals surface area contributed by atoms with Crippen LogP contribution in [0.4, 0.5) is 5.69 Å². The van der Waals surface area contributed by atoms with E-state index < -0.39 is 15.4 Å². The number of hydrogen-bond acceptors (Lipinski definition) is 6. The minimum atomic E-state index is -3.84. The molecule has 1 unspecified atom stereocenters. The van der Waals surface area contributed by atoms with E-state index >= 15 is 0 Å². The van der Waals surface area contributed by atoms with E-state index in [-0.39, 0.29) is 27.3 Å². The fourth-order valence-corrected chi connectivity index (χ4v) is 5.55. The number of allylic oxidation sites excluding steroid dienone is 4. The molecule has 0 spiro atoms. The highest BCUT2D eigenvalue weighted by Crippen LogP contribution is 2.47. The van der Waals surface area contributed by atoms with Crippen molar-refractivity contribution >= 4 is 43.9 Å². The van der Waals surface area contributed by atoms with Gasteiger partial charge in [0.1, 0.15) is 5.75 Å². The average molecular weight is 486 g/mol. The van der Waals surface area contributed by atoms with Gasteiger partial charge in [0.05, 0.1) is 10.7 Å². The fraction of sp³-hybridized carbons (Fsp3) is 0.280. The number of ketones is 1. The number of hydrogen-bond donors (Lipinski definition) is 2. The zero-order chi connectivity index (χ0) is 24.2. The van der Waals surface area contributed by atoms with Crippen LogP contribution in [0.5, 0.6) is 5.75 Å². The second-order valence-corrected chi connectivity index (χ2v) is 11.1. The van der Waals surface area contributed by atoms with Crippen LogP contribution in [0.15, 0.2) is 65.6 Å². The van der Waals surface area contributed by atoms with Crippen molar-refractivity contribution in [3.8, 4) is 5.75 Å². The zero-order valence-electron chi connectivity index (χ0n) is 18.8. The maximum absolute atomic E-state index is 13.2. The van der Waals surface area contributed by atoms with Gasteiger partial charge in [-0.15, -0.1) is 0 Å². The molecule has 0 aromatic heterocycles. The van der Waals surface area contributed by atoms with Crippen molar-refractivity contribution < 1.29 is 23.1 Å². The van der Waals surface area contributed by atoms with Gasteiger partial charge in [-0.1, -0.05) is 56.0 Å². The normalized spacial score (nSPS) is 18.3. The molecule has 8 heteroatoms. The maximum Gasteiger partial charge on any atom is 0.258 e. The summed E-state index contributed by atoms with van der Waals surface area (Å²) in [6.07, 6.45) is 4.48. The molecule has 1 atom stereocenters. The third-order valence-corrected chi connectivity index (χ3v) is 8.09. The quantitative estimate of drug-likeness (QED) is 0.487. The Morgan fingerprint density at radius 3 is 2.45 bits per heavy atom. The largest absolute Gasteiger partial charge is 0.508 e. The van der Waals surface area contributed by atoms with Gasteiger partial charge >= 0.3 is 0 Å². The Morgan fingerprint density at radius 1 is 1.12 bits per heavy atom. The molecule has 0 saturated heterocycles. The van der Waals surface area contributed by atoms with Crippen molar-refractivity contribution in [2.75, 3.05) is 10.5 Å². The second-order valence-electron chi connectivity index (χ2n) is 8.24. The summed E-state index contributed by atoms with van der Waals surface area (Å²) in [5, 5.41) is 9.43. The van der Waals surface area contributed by atoms with Gasteiger partial charge in [0.25, 0.3) is 10.0 Å². The molecule has 2 aromatic rings. The molecule has 0 fully saturated rings. The molecule has 0 radical (unpaired) electrons. The summed E-state index contributed by atoms with van der Waals surface area (Å²) in [5.74, 6) is -0.0544. The summed E-state index contributed by atoms with van der Waals surface area (Å²) in [7, 11) is -3.84. The molecule has 174 valence electrons. The van der Waals surface area contributed by atoms with Gasteiger partial charge in [-0.25, -0.2) is 8.42 Å². The smallest absolute Gasteiger partial charge is 0.258 e. The Hall–Kier alpha value is -2.84. The summed E-state index contributed by atoms with van der Waals surface area (Å²) >= 11 is 0.921. The van der Waals surface area contributed by atoms with Crippen molar-refractivity contribution in [2.45, 2.75) is 33.6 Å². The van der Waals surface area contributed by atoms with Crippen LogP contribution in [0.1, 0.15) is 49.5 Å². The molecule has 2 N–H and O–H groups in total. The van der Waals surface area contributed by atoms with Crippen LogP contribution in [0.3, 0.4) is 0 Å². The first-order valence-electron chi connectivity index (χ1n) is 10.5. The van der Waals surface area contributed by atoms with Gasteiger partial charge < -0.3 is 5.11 Å². The van der Waals surface area contributed by atoms with Crippen LogP contribution in [-0.4, -0.2) is 30.2 Å². The lowest BCUT2D eigenvalue weighted by Crippen LogP contribution is -2.26. The first-order valence-corrected chi connectivity index (χ1v) is 13.0. The van der Waals surface area contributed by atoms with Crippen molar-refractivity contribution in [1.82, 2.24) is 0 Å². The standard InChI is InChI=1S/C25H27NO5S2/c1-4-25(3)15-22(12-13-23(25)18-8-10-21(28)11-9-18)33(30,31)26-20-7-5-6-19(14-20)24(29)16-32-17(2)27/h5-14,26,28H,4,15-16H2,1-3H3. The first-order chi connectivity index (χ1) is 15.5. The molecule has 0 amide bonds. The van der Waals surface area contributed by atoms with Crippen molar-refractivity contribution in [3.05, 3.63) is 76.7 Å². The predicted molar refractivity (Wildman–Crippen MR) is 134 cm³/mol.